The van der Waals surface area contributed by atoms with Crippen molar-refractivity contribution in [2.75, 3.05) is 6.61 Å². The molecule has 1 aromatic heterocycles. The summed E-state index contributed by atoms with van der Waals surface area (Å²) in [4.78, 5) is 3.96. The Bertz CT molecular complexity index is 502. The standard InChI is InChI=1S/C14H14ClNO2/c15-13-2-1-3-14(12(13)10-17)18-9-6-11-4-7-16-8-5-11/h1-5,7-8,17H,6,9-10H2. The van der Waals surface area contributed by atoms with E-state index in [1.54, 1.807) is 18.5 Å². The lowest BCUT2D eigenvalue weighted by molar-refractivity contribution is 0.264. The lowest BCUT2D eigenvalue weighted by Gasteiger charge is -2.11. The van der Waals surface area contributed by atoms with E-state index < -0.39 is 0 Å². The lowest BCUT2D eigenvalue weighted by atomic mass is 10.2. The van der Waals surface area contributed by atoms with Crippen molar-refractivity contribution in [3.8, 4) is 5.75 Å². The third-order valence-corrected chi connectivity index (χ3v) is 2.99. The fourth-order valence-electron chi connectivity index (χ4n) is 1.66. The third-order valence-electron chi connectivity index (χ3n) is 2.63. The van der Waals surface area contributed by atoms with E-state index >= 15 is 0 Å². The van der Waals surface area contributed by atoms with Crippen LogP contribution in [0, 0.1) is 0 Å². The van der Waals surface area contributed by atoms with Gasteiger partial charge in [0.1, 0.15) is 5.75 Å². The molecule has 1 aromatic carbocycles. The van der Waals surface area contributed by atoms with E-state index in [0.717, 1.165) is 12.0 Å². The number of halogens is 1. The Kier molecular flexibility index (Phi) is 4.56. The van der Waals surface area contributed by atoms with Crippen molar-refractivity contribution in [2.24, 2.45) is 0 Å². The largest absolute Gasteiger partial charge is 0.493 e. The molecule has 2 aromatic rings. The smallest absolute Gasteiger partial charge is 0.126 e. The minimum Gasteiger partial charge on any atom is -0.493 e. The third kappa shape index (κ3) is 3.22. The molecular formula is C14H14ClNO2. The topological polar surface area (TPSA) is 42.4 Å². The molecule has 0 radical (unpaired) electrons. The van der Waals surface area contributed by atoms with Gasteiger partial charge >= 0.3 is 0 Å². The Morgan fingerprint density at radius 3 is 2.67 bits per heavy atom. The van der Waals surface area contributed by atoms with Crippen LogP contribution in [0.15, 0.2) is 42.7 Å². The molecule has 94 valence electrons. The van der Waals surface area contributed by atoms with Gasteiger partial charge in [0.05, 0.1) is 13.2 Å². The van der Waals surface area contributed by atoms with Crippen LogP contribution in [0.1, 0.15) is 11.1 Å². The van der Waals surface area contributed by atoms with Gasteiger partial charge in [-0.15, -0.1) is 0 Å². The highest BCUT2D eigenvalue weighted by Crippen LogP contribution is 2.26. The fraction of sp³-hybridized carbons (Fsp3) is 0.214. The molecule has 0 atom stereocenters. The molecule has 4 heteroatoms. The van der Waals surface area contributed by atoms with Crippen LogP contribution in [0.2, 0.25) is 5.02 Å². The minimum atomic E-state index is -0.121. The quantitative estimate of drug-likeness (QED) is 0.902. The number of aliphatic hydroxyl groups is 1. The summed E-state index contributed by atoms with van der Waals surface area (Å²) < 4.78 is 5.65. The van der Waals surface area contributed by atoms with Crippen LogP contribution in [-0.4, -0.2) is 16.7 Å². The first kappa shape index (κ1) is 12.9. The predicted octanol–water partition coefficient (Wildman–Crippen LogP) is 2.85. The normalized spacial score (nSPS) is 10.3. The maximum atomic E-state index is 9.24. The van der Waals surface area contributed by atoms with Crippen molar-refractivity contribution in [3.05, 3.63) is 58.9 Å². The number of rotatable bonds is 5. The lowest BCUT2D eigenvalue weighted by Crippen LogP contribution is -2.03. The van der Waals surface area contributed by atoms with Crippen LogP contribution in [0.4, 0.5) is 0 Å². The molecule has 0 saturated heterocycles. The van der Waals surface area contributed by atoms with Gasteiger partial charge in [-0.25, -0.2) is 0 Å². The highest BCUT2D eigenvalue weighted by atomic mass is 35.5. The second kappa shape index (κ2) is 6.38. The van der Waals surface area contributed by atoms with Crippen LogP contribution in [0.3, 0.4) is 0 Å². The number of hydrogen-bond acceptors (Lipinski definition) is 3. The Morgan fingerprint density at radius 1 is 1.17 bits per heavy atom. The number of aromatic nitrogens is 1. The van der Waals surface area contributed by atoms with Crippen molar-refractivity contribution in [3.63, 3.8) is 0 Å². The molecule has 0 aliphatic heterocycles. The average Bonchev–Trinajstić information content (AvgIpc) is 2.40. The Hall–Kier alpha value is -1.58. The van der Waals surface area contributed by atoms with Crippen molar-refractivity contribution in [2.45, 2.75) is 13.0 Å². The summed E-state index contributed by atoms with van der Waals surface area (Å²) in [7, 11) is 0. The first-order valence-corrected chi connectivity index (χ1v) is 6.09. The molecule has 0 saturated carbocycles. The molecule has 0 amide bonds. The molecule has 2 rings (SSSR count). The second-order valence-corrected chi connectivity index (χ2v) is 4.24. The van der Waals surface area contributed by atoms with Gasteiger partial charge in [0.25, 0.3) is 0 Å². The van der Waals surface area contributed by atoms with E-state index in [2.05, 4.69) is 4.98 Å². The Balaban J connectivity index is 1.96. The van der Waals surface area contributed by atoms with Crippen molar-refractivity contribution < 1.29 is 9.84 Å². The Morgan fingerprint density at radius 2 is 1.94 bits per heavy atom. The fourth-order valence-corrected chi connectivity index (χ4v) is 1.88. The van der Waals surface area contributed by atoms with Crippen LogP contribution < -0.4 is 4.74 Å². The number of ether oxygens (including phenoxy) is 1. The highest BCUT2D eigenvalue weighted by molar-refractivity contribution is 6.31. The summed E-state index contributed by atoms with van der Waals surface area (Å²) in [5.74, 6) is 0.638. The van der Waals surface area contributed by atoms with Gasteiger partial charge in [0.15, 0.2) is 0 Å². The van der Waals surface area contributed by atoms with Crippen LogP contribution in [0.5, 0.6) is 5.75 Å². The average molecular weight is 264 g/mol. The molecule has 3 nitrogen and oxygen atoms in total. The van der Waals surface area contributed by atoms with E-state index in [4.69, 9.17) is 16.3 Å². The summed E-state index contributed by atoms with van der Waals surface area (Å²) in [6.45, 7) is 0.418. The number of aliphatic hydroxyl groups excluding tert-OH is 1. The van der Waals surface area contributed by atoms with E-state index in [-0.39, 0.29) is 6.61 Å². The number of hydrogen-bond donors (Lipinski definition) is 1. The maximum absolute atomic E-state index is 9.24. The predicted molar refractivity (Wildman–Crippen MR) is 70.8 cm³/mol. The van der Waals surface area contributed by atoms with Gasteiger partial charge in [0, 0.05) is 29.4 Å². The molecular weight excluding hydrogens is 250 g/mol. The van der Waals surface area contributed by atoms with Crippen LogP contribution in [-0.2, 0) is 13.0 Å². The maximum Gasteiger partial charge on any atom is 0.126 e. The van der Waals surface area contributed by atoms with Gasteiger partial charge < -0.3 is 9.84 Å². The molecule has 1 N–H and O–H groups in total. The monoisotopic (exact) mass is 263 g/mol. The van der Waals surface area contributed by atoms with Gasteiger partial charge in [-0.3, -0.25) is 4.98 Å². The van der Waals surface area contributed by atoms with E-state index in [0.29, 0.717) is 22.9 Å². The molecule has 0 fully saturated rings. The molecule has 0 spiro atoms. The highest BCUT2D eigenvalue weighted by Gasteiger charge is 2.06. The van der Waals surface area contributed by atoms with Crippen molar-refractivity contribution in [1.29, 1.82) is 0 Å². The van der Waals surface area contributed by atoms with Crippen LogP contribution >= 0.6 is 11.6 Å². The van der Waals surface area contributed by atoms with E-state index in [9.17, 15) is 5.11 Å². The zero-order valence-corrected chi connectivity index (χ0v) is 10.6. The van der Waals surface area contributed by atoms with Gasteiger partial charge in [0.2, 0.25) is 0 Å². The van der Waals surface area contributed by atoms with Gasteiger partial charge in [-0.1, -0.05) is 17.7 Å². The van der Waals surface area contributed by atoms with Gasteiger partial charge in [-0.05, 0) is 29.8 Å². The second-order valence-electron chi connectivity index (χ2n) is 3.83. The van der Waals surface area contributed by atoms with Crippen molar-refractivity contribution >= 4 is 11.6 Å². The molecule has 18 heavy (non-hydrogen) atoms. The SMILES string of the molecule is OCc1c(Cl)cccc1OCCc1ccncc1. The van der Waals surface area contributed by atoms with E-state index in [1.165, 1.54) is 0 Å². The summed E-state index contributed by atoms with van der Waals surface area (Å²) >= 11 is 5.98. The Labute approximate surface area is 111 Å². The van der Waals surface area contributed by atoms with Gasteiger partial charge in [-0.2, -0.15) is 0 Å². The summed E-state index contributed by atoms with van der Waals surface area (Å²) in [5.41, 5.74) is 1.80. The first-order valence-electron chi connectivity index (χ1n) is 5.71. The summed E-state index contributed by atoms with van der Waals surface area (Å²) in [6.07, 6.45) is 4.31. The zero-order valence-electron chi connectivity index (χ0n) is 9.84. The summed E-state index contributed by atoms with van der Waals surface area (Å²) in [6, 6.07) is 9.26. The minimum absolute atomic E-state index is 0.121. The molecule has 0 bridgehead atoms. The molecule has 0 aliphatic carbocycles. The summed E-state index contributed by atoms with van der Waals surface area (Å²) in [5, 5.41) is 9.77. The molecule has 0 unspecified atom stereocenters. The van der Waals surface area contributed by atoms with E-state index in [1.807, 2.05) is 24.3 Å². The van der Waals surface area contributed by atoms with Crippen molar-refractivity contribution in [1.82, 2.24) is 4.98 Å². The first-order chi connectivity index (χ1) is 8.81. The number of benzene rings is 1. The zero-order chi connectivity index (χ0) is 12.8. The molecule has 0 aliphatic rings. The van der Waals surface area contributed by atoms with Crippen LogP contribution in [0.25, 0.3) is 0 Å². The molecule has 1 heterocycles. The number of pyridine rings is 1. The number of nitrogens with zero attached hydrogens (tertiary/aromatic N) is 1.